The number of nitrogens with one attached hydrogen (secondary N) is 1. The molecule has 1 heterocycles. The predicted molar refractivity (Wildman–Crippen MR) is 80.9 cm³/mol. The second kappa shape index (κ2) is 8.39. The highest BCUT2D eigenvalue weighted by atomic mass is 16.5. The molecule has 1 aromatic heterocycles. The van der Waals surface area contributed by atoms with Crippen molar-refractivity contribution >= 4 is 0 Å². The van der Waals surface area contributed by atoms with Crippen LogP contribution in [0.1, 0.15) is 38.4 Å². The van der Waals surface area contributed by atoms with E-state index in [0.29, 0.717) is 13.2 Å². The van der Waals surface area contributed by atoms with Crippen molar-refractivity contribution in [3.63, 3.8) is 0 Å². The molecule has 0 fully saturated rings. The van der Waals surface area contributed by atoms with Crippen LogP contribution in [0.3, 0.4) is 0 Å². The van der Waals surface area contributed by atoms with Gasteiger partial charge >= 0.3 is 0 Å². The van der Waals surface area contributed by atoms with E-state index in [1.165, 1.54) is 5.56 Å². The first-order valence-electron chi connectivity index (χ1n) is 7.27. The molecule has 0 amide bonds. The quantitative estimate of drug-likeness (QED) is 0.705. The van der Waals surface area contributed by atoms with Gasteiger partial charge in [-0.25, -0.2) is 0 Å². The average Bonchev–Trinajstić information content (AvgIpc) is 2.71. The lowest BCUT2D eigenvalue weighted by Gasteiger charge is -2.20. The number of aromatic nitrogens is 2. The Labute approximate surface area is 122 Å². The molecule has 0 saturated carbocycles. The number of methoxy groups -OCH3 is 1. The Morgan fingerprint density at radius 3 is 2.65 bits per heavy atom. The number of rotatable bonds is 9. The largest absolute Gasteiger partial charge is 0.382 e. The van der Waals surface area contributed by atoms with E-state index in [9.17, 15) is 0 Å². The average molecular weight is 283 g/mol. The Kier molecular flexibility index (Phi) is 7.19. The molecule has 1 N–H and O–H groups in total. The zero-order chi connectivity index (χ0) is 15.0. The summed E-state index contributed by atoms with van der Waals surface area (Å²) in [7, 11) is 1.68. The maximum atomic E-state index is 5.45. The first-order chi connectivity index (χ1) is 9.42. The van der Waals surface area contributed by atoms with Crippen LogP contribution in [0.5, 0.6) is 0 Å². The zero-order valence-corrected chi connectivity index (χ0v) is 13.5. The molecule has 0 atom stereocenters. The van der Waals surface area contributed by atoms with Gasteiger partial charge in [-0.2, -0.15) is 5.10 Å². The first-order valence-corrected chi connectivity index (χ1v) is 7.27. The smallest absolute Gasteiger partial charge is 0.0700 e. The normalized spacial score (nSPS) is 12.1. The summed E-state index contributed by atoms with van der Waals surface area (Å²) in [5.41, 5.74) is 2.49. The van der Waals surface area contributed by atoms with E-state index in [1.807, 2.05) is 4.68 Å². The number of hydrogen-bond donors (Lipinski definition) is 1. The fraction of sp³-hybridized carbons (Fsp3) is 0.800. The Morgan fingerprint density at radius 2 is 2.00 bits per heavy atom. The van der Waals surface area contributed by atoms with Gasteiger partial charge < -0.3 is 14.8 Å². The van der Waals surface area contributed by atoms with E-state index < -0.39 is 0 Å². The van der Waals surface area contributed by atoms with E-state index in [-0.39, 0.29) is 5.54 Å². The molecule has 20 heavy (non-hydrogen) atoms. The molecule has 0 saturated heterocycles. The van der Waals surface area contributed by atoms with E-state index in [1.54, 1.807) is 7.11 Å². The SMILES string of the molecule is COCCOCCCn1cc(CNC(C)(C)C)c(C)n1. The van der Waals surface area contributed by atoms with Crippen molar-refractivity contribution in [3.05, 3.63) is 17.5 Å². The van der Waals surface area contributed by atoms with Gasteiger partial charge in [0.25, 0.3) is 0 Å². The lowest BCUT2D eigenvalue weighted by molar-refractivity contribution is 0.0677. The van der Waals surface area contributed by atoms with Crippen LogP contribution < -0.4 is 5.32 Å². The minimum Gasteiger partial charge on any atom is -0.382 e. The van der Waals surface area contributed by atoms with Crippen molar-refractivity contribution < 1.29 is 9.47 Å². The zero-order valence-electron chi connectivity index (χ0n) is 13.5. The lowest BCUT2D eigenvalue weighted by Crippen LogP contribution is -2.35. The summed E-state index contributed by atoms with van der Waals surface area (Å²) < 4.78 is 12.4. The van der Waals surface area contributed by atoms with Crippen molar-refractivity contribution in [1.29, 1.82) is 0 Å². The molecule has 0 bridgehead atoms. The highest BCUT2D eigenvalue weighted by Gasteiger charge is 2.11. The summed E-state index contributed by atoms with van der Waals surface area (Å²) in [6.45, 7) is 12.4. The summed E-state index contributed by atoms with van der Waals surface area (Å²) in [5.74, 6) is 0. The summed E-state index contributed by atoms with van der Waals surface area (Å²) >= 11 is 0. The van der Waals surface area contributed by atoms with Gasteiger partial charge in [-0.05, 0) is 34.1 Å². The lowest BCUT2D eigenvalue weighted by atomic mass is 10.1. The molecule has 1 aromatic rings. The highest BCUT2D eigenvalue weighted by Crippen LogP contribution is 2.08. The third kappa shape index (κ3) is 7.03. The fourth-order valence-electron chi connectivity index (χ4n) is 1.78. The third-order valence-electron chi connectivity index (χ3n) is 2.96. The monoisotopic (exact) mass is 283 g/mol. The van der Waals surface area contributed by atoms with Crippen molar-refractivity contribution in [1.82, 2.24) is 15.1 Å². The molecule has 1 rings (SSSR count). The highest BCUT2D eigenvalue weighted by molar-refractivity contribution is 5.15. The van der Waals surface area contributed by atoms with Crippen molar-refractivity contribution in [3.8, 4) is 0 Å². The van der Waals surface area contributed by atoms with Gasteiger partial charge in [-0.3, -0.25) is 4.68 Å². The maximum Gasteiger partial charge on any atom is 0.0700 e. The Bertz CT molecular complexity index is 383. The second-order valence-electron chi connectivity index (χ2n) is 6.07. The van der Waals surface area contributed by atoms with Gasteiger partial charge in [0.05, 0.1) is 18.9 Å². The van der Waals surface area contributed by atoms with Crippen LogP contribution in [-0.2, 0) is 22.6 Å². The standard InChI is InChI=1S/C15H29N3O2/c1-13-14(11-16-15(2,3)4)12-18(17-13)7-6-8-20-10-9-19-5/h12,16H,6-11H2,1-5H3. The maximum absolute atomic E-state index is 5.45. The Balaban J connectivity index is 2.30. The van der Waals surface area contributed by atoms with Crippen molar-refractivity contribution in [2.24, 2.45) is 0 Å². The van der Waals surface area contributed by atoms with Gasteiger partial charge in [0.15, 0.2) is 0 Å². The van der Waals surface area contributed by atoms with Crippen LogP contribution in [0.2, 0.25) is 0 Å². The first kappa shape index (κ1) is 17.1. The summed E-state index contributed by atoms with van der Waals surface area (Å²) in [5, 5.41) is 8.03. The molecule has 0 aliphatic heterocycles. The minimum absolute atomic E-state index is 0.129. The molecule has 0 aliphatic rings. The molecule has 0 unspecified atom stereocenters. The van der Waals surface area contributed by atoms with Gasteiger partial charge in [-0.15, -0.1) is 0 Å². The summed E-state index contributed by atoms with van der Waals surface area (Å²) in [6, 6.07) is 0. The summed E-state index contributed by atoms with van der Waals surface area (Å²) in [6.07, 6.45) is 3.10. The van der Waals surface area contributed by atoms with E-state index in [4.69, 9.17) is 9.47 Å². The topological polar surface area (TPSA) is 48.3 Å². The molecule has 0 aliphatic carbocycles. The van der Waals surface area contributed by atoms with Crippen LogP contribution in [-0.4, -0.2) is 42.2 Å². The van der Waals surface area contributed by atoms with E-state index >= 15 is 0 Å². The van der Waals surface area contributed by atoms with Crippen molar-refractivity contribution in [2.75, 3.05) is 26.9 Å². The van der Waals surface area contributed by atoms with E-state index in [2.05, 4.69) is 44.3 Å². The van der Waals surface area contributed by atoms with Gasteiger partial charge in [-0.1, -0.05) is 0 Å². The molecular weight excluding hydrogens is 254 g/mol. The second-order valence-corrected chi connectivity index (χ2v) is 6.07. The molecule has 0 aromatic carbocycles. The van der Waals surface area contributed by atoms with Gasteiger partial charge in [0, 0.05) is 44.1 Å². The van der Waals surface area contributed by atoms with Crippen LogP contribution in [0.15, 0.2) is 6.20 Å². The van der Waals surface area contributed by atoms with Crippen LogP contribution in [0.4, 0.5) is 0 Å². The third-order valence-corrected chi connectivity index (χ3v) is 2.96. The summed E-state index contributed by atoms with van der Waals surface area (Å²) in [4.78, 5) is 0. The van der Waals surface area contributed by atoms with E-state index in [0.717, 1.165) is 31.8 Å². The molecule has 0 radical (unpaired) electrons. The number of aryl methyl sites for hydroxylation is 2. The van der Waals surface area contributed by atoms with Crippen LogP contribution >= 0.6 is 0 Å². The number of hydrogen-bond acceptors (Lipinski definition) is 4. The fourth-order valence-corrected chi connectivity index (χ4v) is 1.78. The molecular formula is C15H29N3O2. The molecule has 5 nitrogen and oxygen atoms in total. The molecule has 5 heteroatoms. The minimum atomic E-state index is 0.129. The van der Waals surface area contributed by atoms with Gasteiger partial charge in [0.2, 0.25) is 0 Å². The Morgan fingerprint density at radius 1 is 1.25 bits per heavy atom. The van der Waals surface area contributed by atoms with Crippen LogP contribution in [0.25, 0.3) is 0 Å². The number of nitrogens with zero attached hydrogens (tertiary/aromatic N) is 2. The molecule has 0 spiro atoms. The molecule has 116 valence electrons. The van der Waals surface area contributed by atoms with Gasteiger partial charge in [0.1, 0.15) is 0 Å². The number of ether oxygens (including phenoxy) is 2. The predicted octanol–water partition coefficient (Wildman–Crippen LogP) is 2.13. The van der Waals surface area contributed by atoms with Crippen molar-refractivity contribution in [2.45, 2.75) is 52.7 Å². The van der Waals surface area contributed by atoms with Crippen LogP contribution in [0, 0.1) is 6.92 Å². The Hall–Kier alpha value is -0.910.